The zero-order valence-electron chi connectivity index (χ0n) is 11.7. The van der Waals surface area contributed by atoms with Crippen LogP contribution in [0.1, 0.15) is 29.3 Å². The molecule has 0 saturated carbocycles. The van der Waals surface area contributed by atoms with Crippen LogP contribution < -0.4 is 16.4 Å². The molecule has 0 radical (unpaired) electrons. The number of piperidine rings is 1. The van der Waals surface area contributed by atoms with Crippen LogP contribution in [0.4, 0.5) is 18.9 Å². The molecule has 2 unspecified atom stereocenters. The molecule has 1 aliphatic rings. The van der Waals surface area contributed by atoms with Crippen molar-refractivity contribution in [2.45, 2.75) is 25.6 Å². The van der Waals surface area contributed by atoms with Crippen molar-refractivity contribution < 1.29 is 18.0 Å². The van der Waals surface area contributed by atoms with Gasteiger partial charge in [0.2, 0.25) is 0 Å². The van der Waals surface area contributed by atoms with Crippen LogP contribution in [0, 0.1) is 5.92 Å². The van der Waals surface area contributed by atoms with Gasteiger partial charge < -0.3 is 16.4 Å². The fraction of sp³-hybridized carbons (Fsp3) is 0.500. The number of carbonyl (C=O) groups is 1. The SMILES string of the molecule is CC1CC(N)CN(c2ccc(C(F)(F)F)cc2C(N)=O)C1. The molecule has 0 aliphatic carbocycles. The molecular formula is C14H18F3N3O. The Morgan fingerprint density at radius 1 is 1.33 bits per heavy atom. The quantitative estimate of drug-likeness (QED) is 0.877. The summed E-state index contributed by atoms with van der Waals surface area (Å²) < 4.78 is 38.2. The topological polar surface area (TPSA) is 72.3 Å². The first-order valence-corrected chi connectivity index (χ1v) is 6.70. The van der Waals surface area contributed by atoms with Crippen molar-refractivity contribution >= 4 is 11.6 Å². The monoisotopic (exact) mass is 301 g/mol. The van der Waals surface area contributed by atoms with E-state index in [1.165, 1.54) is 6.07 Å². The highest BCUT2D eigenvalue weighted by atomic mass is 19.4. The number of benzene rings is 1. The Bertz CT molecular complexity index is 535. The third-order valence-corrected chi connectivity index (χ3v) is 3.62. The van der Waals surface area contributed by atoms with Crippen LogP contribution in [0.5, 0.6) is 0 Å². The summed E-state index contributed by atoms with van der Waals surface area (Å²) in [6.07, 6.45) is -3.66. The lowest BCUT2D eigenvalue weighted by molar-refractivity contribution is -0.137. The Kier molecular flexibility index (Phi) is 4.13. The normalized spacial score (nSPS) is 23.2. The highest BCUT2D eigenvalue weighted by Gasteiger charge is 2.33. The largest absolute Gasteiger partial charge is 0.416 e. The van der Waals surface area contributed by atoms with E-state index >= 15 is 0 Å². The zero-order valence-corrected chi connectivity index (χ0v) is 11.7. The summed E-state index contributed by atoms with van der Waals surface area (Å²) in [4.78, 5) is 13.3. The van der Waals surface area contributed by atoms with Gasteiger partial charge in [-0.2, -0.15) is 13.2 Å². The third-order valence-electron chi connectivity index (χ3n) is 3.62. The second-order valence-corrected chi connectivity index (χ2v) is 5.60. The molecule has 0 bridgehead atoms. The molecule has 0 aromatic heterocycles. The molecule has 1 aromatic rings. The smallest absolute Gasteiger partial charge is 0.369 e. The number of nitrogens with zero attached hydrogens (tertiary/aromatic N) is 1. The van der Waals surface area contributed by atoms with E-state index in [1.807, 2.05) is 11.8 Å². The summed E-state index contributed by atoms with van der Waals surface area (Å²) >= 11 is 0. The molecular weight excluding hydrogens is 283 g/mol. The van der Waals surface area contributed by atoms with Crippen molar-refractivity contribution in [1.29, 1.82) is 0 Å². The number of primary amides is 1. The van der Waals surface area contributed by atoms with E-state index in [1.54, 1.807) is 0 Å². The molecule has 2 atom stereocenters. The van der Waals surface area contributed by atoms with Crippen LogP contribution in [-0.4, -0.2) is 25.0 Å². The number of hydrogen-bond acceptors (Lipinski definition) is 3. The summed E-state index contributed by atoms with van der Waals surface area (Å²) in [6, 6.07) is 3.00. The van der Waals surface area contributed by atoms with Crippen LogP contribution >= 0.6 is 0 Å². The standard InChI is InChI=1S/C14H18F3N3O/c1-8-4-10(18)7-20(6-8)12-3-2-9(14(15,16)17)5-11(12)13(19)21/h2-3,5,8,10H,4,6-7,18H2,1H3,(H2,19,21). The summed E-state index contributed by atoms with van der Waals surface area (Å²) in [7, 11) is 0. The third kappa shape index (κ3) is 3.47. The van der Waals surface area contributed by atoms with E-state index in [0.717, 1.165) is 18.6 Å². The highest BCUT2D eigenvalue weighted by molar-refractivity contribution is 5.99. The van der Waals surface area contributed by atoms with Crippen LogP contribution in [0.2, 0.25) is 0 Å². The Morgan fingerprint density at radius 2 is 2.00 bits per heavy atom. The van der Waals surface area contributed by atoms with E-state index in [9.17, 15) is 18.0 Å². The van der Waals surface area contributed by atoms with Gasteiger partial charge >= 0.3 is 6.18 Å². The molecule has 1 amide bonds. The molecule has 1 fully saturated rings. The molecule has 4 nitrogen and oxygen atoms in total. The maximum atomic E-state index is 12.7. The van der Waals surface area contributed by atoms with E-state index in [0.29, 0.717) is 24.7 Å². The number of anilines is 1. The lowest BCUT2D eigenvalue weighted by atomic mass is 9.95. The van der Waals surface area contributed by atoms with Crippen LogP contribution in [0.3, 0.4) is 0 Å². The molecule has 116 valence electrons. The van der Waals surface area contributed by atoms with Gasteiger partial charge in [0.1, 0.15) is 0 Å². The summed E-state index contributed by atoms with van der Waals surface area (Å²) in [5.74, 6) is -0.570. The van der Waals surface area contributed by atoms with Crippen LogP contribution in [0.25, 0.3) is 0 Å². The molecule has 7 heteroatoms. The molecule has 1 aromatic carbocycles. The number of hydrogen-bond donors (Lipinski definition) is 2. The van der Waals surface area contributed by atoms with Crippen molar-refractivity contribution in [3.8, 4) is 0 Å². The van der Waals surface area contributed by atoms with Crippen molar-refractivity contribution in [1.82, 2.24) is 0 Å². The predicted molar refractivity (Wildman–Crippen MR) is 73.9 cm³/mol. The van der Waals surface area contributed by atoms with Crippen molar-refractivity contribution in [2.75, 3.05) is 18.0 Å². The fourth-order valence-electron chi connectivity index (χ4n) is 2.78. The van der Waals surface area contributed by atoms with Gasteiger partial charge in [-0.25, -0.2) is 0 Å². The lowest BCUT2D eigenvalue weighted by Crippen LogP contribution is -2.47. The number of amides is 1. The van der Waals surface area contributed by atoms with Gasteiger partial charge in [0, 0.05) is 24.8 Å². The maximum Gasteiger partial charge on any atom is 0.416 e. The summed E-state index contributed by atoms with van der Waals surface area (Å²) in [5.41, 5.74) is 10.6. The van der Waals surface area contributed by atoms with Gasteiger partial charge in [0.25, 0.3) is 5.91 Å². The summed E-state index contributed by atoms with van der Waals surface area (Å²) in [5, 5.41) is 0. The molecule has 1 aliphatic heterocycles. The zero-order chi connectivity index (χ0) is 15.8. The minimum Gasteiger partial charge on any atom is -0.369 e. The number of rotatable bonds is 2. The first-order chi connectivity index (χ1) is 9.68. The number of alkyl halides is 3. The van der Waals surface area contributed by atoms with Crippen molar-refractivity contribution in [3.63, 3.8) is 0 Å². The number of halogens is 3. The predicted octanol–water partition coefficient (Wildman–Crippen LogP) is 1.98. The van der Waals surface area contributed by atoms with Crippen LogP contribution in [0.15, 0.2) is 18.2 Å². The summed E-state index contributed by atoms with van der Waals surface area (Å²) in [6.45, 7) is 3.15. The molecule has 1 heterocycles. The van der Waals surface area contributed by atoms with Gasteiger partial charge in [0.05, 0.1) is 11.1 Å². The second-order valence-electron chi connectivity index (χ2n) is 5.60. The van der Waals surface area contributed by atoms with Crippen molar-refractivity contribution in [3.05, 3.63) is 29.3 Å². The average molecular weight is 301 g/mol. The Morgan fingerprint density at radius 3 is 2.52 bits per heavy atom. The molecule has 1 saturated heterocycles. The molecule has 4 N–H and O–H groups in total. The van der Waals surface area contributed by atoms with Gasteiger partial charge in [-0.1, -0.05) is 6.92 Å². The number of carbonyl (C=O) groups excluding carboxylic acids is 1. The Balaban J connectivity index is 2.41. The molecule has 2 rings (SSSR count). The van der Waals surface area contributed by atoms with Gasteiger partial charge in [-0.15, -0.1) is 0 Å². The average Bonchev–Trinajstić information content (AvgIpc) is 2.35. The van der Waals surface area contributed by atoms with E-state index in [4.69, 9.17) is 11.5 Å². The van der Waals surface area contributed by atoms with Gasteiger partial charge in [0.15, 0.2) is 0 Å². The number of nitrogens with two attached hydrogens (primary N) is 2. The first-order valence-electron chi connectivity index (χ1n) is 6.70. The highest BCUT2D eigenvalue weighted by Crippen LogP contribution is 2.34. The fourth-order valence-corrected chi connectivity index (χ4v) is 2.78. The minimum atomic E-state index is -4.51. The minimum absolute atomic E-state index is 0.0724. The van der Waals surface area contributed by atoms with Gasteiger partial charge in [-0.05, 0) is 30.5 Å². The van der Waals surface area contributed by atoms with E-state index in [2.05, 4.69) is 0 Å². The Labute approximate surface area is 120 Å². The van der Waals surface area contributed by atoms with Crippen LogP contribution in [-0.2, 0) is 6.18 Å². The Hall–Kier alpha value is -1.76. The van der Waals surface area contributed by atoms with Crippen molar-refractivity contribution in [2.24, 2.45) is 17.4 Å². The molecule has 0 spiro atoms. The second kappa shape index (κ2) is 5.55. The molecule has 21 heavy (non-hydrogen) atoms. The van der Waals surface area contributed by atoms with E-state index in [-0.39, 0.29) is 11.6 Å². The van der Waals surface area contributed by atoms with E-state index < -0.39 is 17.6 Å². The van der Waals surface area contributed by atoms with Gasteiger partial charge in [-0.3, -0.25) is 4.79 Å². The lowest BCUT2D eigenvalue weighted by Gasteiger charge is -2.37. The maximum absolute atomic E-state index is 12.7. The first kappa shape index (κ1) is 15.6.